The Kier molecular flexibility index (Phi) is 5.28. The average Bonchev–Trinajstić information content (AvgIpc) is 1.97. The van der Waals surface area contributed by atoms with E-state index in [0.29, 0.717) is 13.0 Å². The van der Waals surface area contributed by atoms with Crippen molar-refractivity contribution < 1.29 is 9.90 Å². The van der Waals surface area contributed by atoms with Gasteiger partial charge in [-0.15, -0.1) is 0 Å². The summed E-state index contributed by atoms with van der Waals surface area (Å²) in [5.41, 5.74) is 11.7. The number of hydrogen-bond donors (Lipinski definition) is 3. The summed E-state index contributed by atoms with van der Waals surface area (Å²) >= 11 is 0. The summed E-state index contributed by atoms with van der Waals surface area (Å²) in [6.45, 7) is 0.465. The van der Waals surface area contributed by atoms with E-state index in [1.54, 1.807) is 0 Å². The van der Waals surface area contributed by atoms with Crippen LogP contribution in [0.4, 0.5) is 0 Å². The zero-order valence-electron chi connectivity index (χ0n) is 6.29. The first-order valence-corrected chi connectivity index (χ1v) is 3.50. The van der Waals surface area contributed by atoms with Gasteiger partial charge in [-0.05, 0) is 19.3 Å². The highest BCUT2D eigenvalue weighted by molar-refractivity contribution is 5.72. The summed E-state index contributed by atoms with van der Waals surface area (Å²) in [6.07, 6.45) is 1.92. The molecule has 0 aromatic carbocycles. The van der Waals surface area contributed by atoms with Gasteiger partial charge >= 0.3 is 5.97 Å². The number of aliphatic carboxylic acids is 1. The number of carboxylic acid groups (broad SMARTS) is 1. The first-order valence-electron chi connectivity index (χ1n) is 3.50. The lowest BCUT2D eigenvalue weighted by atomic mass is 10.1. The molecule has 0 aliphatic carbocycles. The summed E-state index contributed by atoms with van der Waals surface area (Å²) in [5.74, 6) is -0.965. The van der Waals surface area contributed by atoms with Crippen LogP contribution in [-0.4, -0.2) is 23.7 Å². The normalized spacial score (nSPS) is 12.5. The van der Waals surface area contributed by atoms with E-state index in [2.05, 4.69) is 5.11 Å². The number of unbranched alkanes of at least 4 members (excludes halogenated alkanes) is 1. The Balaban J connectivity index is 3.24. The van der Waals surface area contributed by atoms with E-state index in [4.69, 9.17) is 16.4 Å². The van der Waals surface area contributed by atoms with Gasteiger partial charge in [-0.3, -0.25) is 4.79 Å². The number of rotatable bonds is 6. The molecule has 0 heterocycles. The highest BCUT2D eigenvalue weighted by atomic mass is 16.4. The molecule has 11 heavy (non-hydrogen) atoms. The molecule has 4 N–H and O–H groups in total. The first kappa shape index (κ1) is 10.0. The lowest BCUT2D eigenvalue weighted by Crippen LogP contribution is -2.29. The summed E-state index contributed by atoms with van der Waals surface area (Å²) < 4.78 is 0. The van der Waals surface area contributed by atoms with Crippen LogP contribution in [0.1, 0.15) is 19.3 Å². The third-order valence-electron chi connectivity index (χ3n) is 1.35. The van der Waals surface area contributed by atoms with E-state index in [9.17, 15) is 4.79 Å². The molecule has 5 nitrogen and oxygen atoms in total. The quantitative estimate of drug-likeness (QED) is 0.390. The number of nitrogens with one attached hydrogen (secondary N) is 1. The van der Waals surface area contributed by atoms with Crippen molar-refractivity contribution in [2.24, 2.45) is 10.8 Å². The van der Waals surface area contributed by atoms with E-state index >= 15 is 0 Å². The Bertz CT molecular complexity index is 138. The number of hydrogen-bond acceptors (Lipinski definition) is 4. The summed E-state index contributed by atoms with van der Waals surface area (Å²) in [5, 5.41) is 11.5. The molecule has 0 bridgehead atoms. The molecule has 0 unspecified atom stereocenters. The van der Waals surface area contributed by atoms with Crippen LogP contribution in [0, 0.1) is 5.53 Å². The second-order valence-corrected chi connectivity index (χ2v) is 2.32. The molecule has 0 saturated carbocycles. The fourth-order valence-corrected chi connectivity index (χ4v) is 0.679. The van der Waals surface area contributed by atoms with Crippen LogP contribution in [0.5, 0.6) is 0 Å². The van der Waals surface area contributed by atoms with E-state index in [-0.39, 0.29) is 0 Å². The maximum absolute atomic E-state index is 10.2. The van der Waals surface area contributed by atoms with Crippen molar-refractivity contribution in [1.82, 2.24) is 0 Å². The molecule has 5 heteroatoms. The zero-order valence-corrected chi connectivity index (χ0v) is 6.29. The standard InChI is InChI=1S/C6H13N3O2/c7-5(6(10)11)3-1-2-4-9-8/h5,8H,1-4,7H2,(H,10,11)/t5-/m0/s1. The van der Waals surface area contributed by atoms with Crippen molar-refractivity contribution in [2.45, 2.75) is 25.3 Å². The van der Waals surface area contributed by atoms with Crippen LogP contribution >= 0.6 is 0 Å². The number of carboxylic acids is 1. The van der Waals surface area contributed by atoms with Crippen molar-refractivity contribution in [2.75, 3.05) is 6.54 Å². The monoisotopic (exact) mass is 159 g/mol. The maximum atomic E-state index is 10.2. The summed E-state index contributed by atoms with van der Waals surface area (Å²) in [4.78, 5) is 10.2. The molecule has 0 amide bonds. The molecular formula is C6H13N3O2. The first-order chi connectivity index (χ1) is 5.18. The fraction of sp³-hybridized carbons (Fsp3) is 0.833. The smallest absolute Gasteiger partial charge is 0.320 e. The van der Waals surface area contributed by atoms with Gasteiger partial charge in [0.25, 0.3) is 0 Å². The molecule has 0 rings (SSSR count). The predicted molar refractivity (Wildman–Crippen MR) is 39.5 cm³/mol. The molecule has 0 saturated heterocycles. The Morgan fingerprint density at radius 2 is 2.27 bits per heavy atom. The highest BCUT2D eigenvalue weighted by Crippen LogP contribution is 1.98. The molecule has 0 aliphatic rings. The molecule has 64 valence electrons. The minimum Gasteiger partial charge on any atom is -0.480 e. The summed E-state index contributed by atoms with van der Waals surface area (Å²) in [7, 11) is 0. The Hall–Kier alpha value is -0.970. The Morgan fingerprint density at radius 3 is 2.73 bits per heavy atom. The second kappa shape index (κ2) is 5.79. The van der Waals surface area contributed by atoms with Crippen molar-refractivity contribution in [1.29, 1.82) is 5.53 Å². The van der Waals surface area contributed by atoms with Gasteiger partial charge in [0.05, 0.1) is 6.54 Å². The predicted octanol–water partition coefficient (Wildman–Crippen LogP) is 0.600. The maximum Gasteiger partial charge on any atom is 0.320 e. The van der Waals surface area contributed by atoms with Crippen LogP contribution in [0.3, 0.4) is 0 Å². The Labute approximate surface area is 65.1 Å². The van der Waals surface area contributed by atoms with Crippen LogP contribution in [0.2, 0.25) is 0 Å². The number of nitrogens with two attached hydrogens (primary N) is 1. The molecule has 0 aromatic rings. The van der Waals surface area contributed by atoms with E-state index in [1.165, 1.54) is 0 Å². The topological polar surface area (TPSA) is 99.5 Å². The SMILES string of the molecule is N=NCCCC[C@H](N)C(=O)O. The van der Waals surface area contributed by atoms with Gasteiger partial charge in [0.1, 0.15) is 6.04 Å². The highest BCUT2D eigenvalue weighted by Gasteiger charge is 2.09. The molecular weight excluding hydrogens is 146 g/mol. The summed E-state index contributed by atoms with van der Waals surface area (Å²) in [6, 6.07) is -0.763. The molecule has 0 spiro atoms. The second-order valence-electron chi connectivity index (χ2n) is 2.32. The zero-order chi connectivity index (χ0) is 8.69. The lowest BCUT2D eigenvalue weighted by Gasteiger charge is -2.03. The molecule has 1 atom stereocenters. The minimum absolute atomic E-state index is 0.463. The van der Waals surface area contributed by atoms with E-state index in [1.807, 2.05) is 0 Å². The van der Waals surface area contributed by atoms with Crippen LogP contribution < -0.4 is 5.73 Å². The van der Waals surface area contributed by atoms with E-state index in [0.717, 1.165) is 12.8 Å². The largest absolute Gasteiger partial charge is 0.480 e. The van der Waals surface area contributed by atoms with E-state index < -0.39 is 12.0 Å². The van der Waals surface area contributed by atoms with Gasteiger partial charge in [-0.2, -0.15) is 5.11 Å². The van der Waals surface area contributed by atoms with Crippen molar-refractivity contribution in [3.05, 3.63) is 0 Å². The minimum atomic E-state index is -0.965. The molecule has 0 aliphatic heterocycles. The lowest BCUT2D eigenvalue weighted by molar-refractivity contribution is -0.138. The third-order valence-corrected chi connectivity index (χ3v) is 1.35. The fourth-order valence-electron chi connectivity index (χ4n) is 0.679. The number of carbonyl (C=O) groups is 1. The van der Waals surface area contributed by atoms with Crippen molar-refractivity contribution >= 4 is 5.97 Å². The molecule has 0 fully saturated rings. The van der Waals surface area contributed by atoms with Crippen molar-refractivity contribution in [3.8, 4) is 0 Å². The van der Waals surface area contributed by atoms with Gasteiger partial charge in [0.2, 0.25) is 0 Å². The van der Waals surface area contributed by atoms with Crippen LogP contribution in [0.25, 0.3) is 0 Å². The molecule has 0 radical (unpaired) electrons. The van der Waals surface area contributed by atoms with Gasteiger partial charge in [0.15, 0.2) is 0 Å². The Morgan fingerprint density at radius 1 is 1.64 bits per heavy atom. The van der Waals surface area contributed by atoms with Gasteiger partial charge in [-0.1, -0.05) is 0 Å². The molecule has 0 aromatic heterocycles. The van der Waals surface area contributed by atoms with Crippen LogP contribution in [-0.2, 0) is 4.79 Å². The van der Waals surface area contributed by atoms with Gasteiger partial charge < -0.3 is 10.8 Å². The van der Waals surface area contributed by atoms with Crippen LogP contribution in [0.15, 0.2) is 5.11 Å². The van der Waals surface area contributed by atoms with Crippen molar-refractivity contribution in [3.63, 3.8) is 0 Å². The average molecular weight is 159 g/mol. The number of nitrogens with zero attached hydrogens (tertiary/aromatic N) is 1. The van der Waals surface area contributed by atoms with Gasteiger partial charge in [-0.25, -0.2) is 5.53 Å². The third kappa shape index (κ3) is 5.47. The van der Waals surface area contributed by atoms with Gasteiger partial charge in [0, 0.05) is 0 Å².